The number of para-hydroxylation sites is 1. The number of hydrogen-bond donors (Lipinski definition) is 3. The lowest BCUT2D eigenvalue weighted by atomic mass is 9.85. The summed E-state index contributed by atoms with van der Waals surface area (Å²) in [6.07, 6.45) is 3.83. The van der Waals surface area contributed by atoms with Crippen LogP contribution in [0.4, 0.5) is 17.5 Å². The van der Waals surface area contributed by atoms with E-state index < -0.39 is 15.1 Å². The van der Waals surface area contributed by atoms with Gasteiger partial charge >= 0.3 is 0 Å². The molecule has 1 aromatic heterocycles. The average molecular weight is 452 g/mol. The summed E-state index contributed by atoms with van der Waals surface area (Å²) < 4.78 is 25.8. The molecule has 8 heteroatoms. The predicted molar refractivity (Wildman–Crippen MR) is 129 cm³/mol. The van der Waals surface area contributed by atoms with Crippen molar-refractivity contribution in [3.8, 4) is 11.1 Å². The number of sulfone groups is 1. The van der Waals surface area contributed by atoms with Gasteiger partial charge in [0.1, 0.15) is 5.82 Å². The van der Waals surface area contributed by atoms with Crippen LogP contribution in [0, 0.1) is 0 Å². The zero-order chi connectivity index (χ0) is 22.7. The monoisotopic (exact) mass is 451 g/mol. The fourth-order valence-corrected chi connectivity index (χ4v) is 5.32. The molecule has 0 radical (unpaired) electrons. The van der Waals surface area contributed by atoms with Crippen molar-refractivity contribution in [1.82, 2.24) is 15.3 Å². The van der Waals surface area contributed by atoms with Crippen molar-refractivity contribution in [2.75, 3.05) is 24.1 Å². The summed E-state index contributed by atoms with van der Waals surface area (Å²) in [4.78, 5) is 8.93. The van der Waals surface area contributed by atoms with Crippen molar-refractivity contribution >= 4 is 27.3 Å². The van der Waals surface area contributed by atoms with Crippen molar-refractivity contribution in [2.45, 2.75) is 42.8 Å². The molecule has 0 atom stereocenters. The van der Waals surface area contributed by atoms with E-state index in [4.69, 9.17) is 5.73 Å². The summed E-state index contributed by atoms with van der Waals surface area (Å²) in [5, 5.41) is 6.12. The molecule has 0 spiro atoms. The lowest BCUT2D eigenvalue weighted by Crippen LogP contribution is -2.26. The Labute approximate surface area is 189 Å². The van der Waals surface area contributed by atoms with Gasteiger partial charge < -0.3 is 16.4 Å². The molecule has 1 saturated heterocycles. The Morgan fingerprint density at radius 2 is 1.72 bits per heavy atom. The molecule has 3 aromatic rings. The second kappa shape index (κ2) is 9.26. The van der Waals surface area contributed by atoms with Gasteiger partial charge in [-0.05, 0) is 69.0 Å². The molecule has 1 aliphatic rings. The highest BCUT2D eigenvalue weighted by Crippen LogP contribution is 2.38. The molecule has 0 bridgehead atoms. The van der Waals surface area contributed by atoms with Crippen molar-refractivity contribution in [3.63, 3.8) is 0 Å². The van der Waals surface area contributed by atoms with Gasteiger partial charge in [0.05, 0.1) is 15.8 Å². The molecule has 32 heavy (non-hydrogen) atoms. The molecule has 168 valence electrons. The normalized spacial score (nSPS) is 15.1. The van der Waals surface area contributed by atoms with E-state index in [0.717, 1.165) is 37.1 Å². The summed E-state index contributed by atoms with van der Waals surface area (Å²) in [6, 6.07) is 15.2. The smallest absolute Gasteiger partial charge is 0.221 e. The third-order valence-corrected chi connectivity index (χ3v) is 8.11. The number of hydrogen-bond acceptors (Lipinski definition) is 7. The highest BCUT2D eigenvalue weighted by Gasteiger charge is 2.24. The Balaban J connectivity index is 1.80. The van der Waals surface area contributed by atoms with Crippen LogP contribution in [0.15, 0.2) is 59.6 Å². The molecule has 0 saturated carbocycles. The zero-order valence-corrected chi connectivity index (χ0v) is 19.2. The molecule has 4 N–H and O–H groups in total. The van der Waals surface area contributed by atoms with Crippen LogP contribution in [0.3, 0.4) is 0 Å². The summed E-state index contributed by atoms with van der Waals surface area (Å²) >= 11 is 0. The zero-order valence-electron chi connectivity index (χ0n) is 18.4. The average Bonchev–Trinajstić information content (AvgIpc) is 2.80. The number of anilines is 3. The molecule has 2 aromatic carbocycles. The minimum absolute atomic E-state index is 0.125. The third kappa shape index (κ3) is 4.47. The van der Waals surface area contributed by atoms with Gasteiger partial charge in [-0.2, -0.15) is 4.98 Å². The lowest BCUT2D eigenvalue weighted by Gasteiger charge is -2.25. The number of rotatable bonds is 6. The van der Waals surface area contributed by atoms with Crippen molar-refractivity contribution in [3.05, 3.63) is 60.3 Å². The van der Waals surface area contributed by atoms with Gasteiger partial charge in [-0.1, -0.05) is 36.4 Å². The maximum absolute atomic E-state index is 12.9. The molecular weight excluding hydrogens is 422 g/mol. The summed E-state index contributed by atoms with van der Waals surface area (Å²) in [7, 11) is -3.48. The first kappa shape index (κ1) is 22.2. The van der Waals surface area contributed by atoms with Crippen molar-refractivity contribution in [2.24, 2.45) is 0 Å². The standard InChI is InChI=1S/C24H29N5O2S/c1-16(2)32(30,31)22-10-6-5-9-21(22)28-23-20(15-27-24(25)29-23)19-8-4-3-7-18(19)17-11-13-26-14-12-17/h3-10,15-17,26H,11-14H2,1-2H3,(H3,25,27,28,29). The Hall–Kier alpha value is -2.97. The van der Waals surface area contributed by atoms with Gasteiger partial charge in [0.2, 0.25) is 5.95 Å². The first-order valence-electron chi connectivity index (χ1n) is 10.9. The van der Waals surface area contributed by atoms with E-state index in [0.29, 0.717) is 17.4 Å². The van der Waals surface area contributed by atoms with Crippen LogP contribution in [0.25, 0.3) is 11.1 Å². The Bertz CT molecular complexity index is 1200. The maximum Gasteiger partial charge on any atom is 0.221 e. The van der Waals surface area contributed by atoms with Crippen molar-refractivity contribution < 1.29 is 8.42 Å². The number of nitrogens with zero attached hydrogens (tertiary/aromatic N) is 2. The van der Waals surface area contributed by atoms with E-state index in [1.165, 1.54) is 5.56 Å². The van der Waals surface area contributed by atoms with Gasteiger partial charge in [0.25, 0.3) is 0 Å². The molecule has 2 heterocycles. The van der Waals surface area contributed by atoms with Crippen LogP contribution in [0.5, 0.6) is 0 Å². The SMILES string of the molecule is CC(C)S(=O)(=O)c1ccccc1Nc1nc(N)ncc1-c1ccccc1C1CCNCC1. The van der Waals surface area contributed by atoms with E-state index in [2.05, 4.69) is 38.8 Å². The predicted octanol–water partition coefficient (Wildman–Crippen LogP) is 4.12. The van der Waals surface area contributed by atoms with E-state index in [1.807, 2.05) is 6.07 Å². The first-order chi connectivity index (χ1) is 15.4. The Morgan fingerprint density at radius 1 is 1.03 bits per heavy atom. The number of piperidine rings is 1. The molecule has 0 aliphatic carbocycles. The highest BCUT2D eigenvalue weighted by atomic mass is 32.2. The van der Waals surface area contributed by atoms with Crippen LogP contribution >= 0.6 is 0 Å². The lowest BCUT2D eigenvalue weighted by molar-refractivity contribution is 0.461. The second-order valence-electron chi connectivity index (χ2n) is 8.32. The Kier molecular flexibility index (Phi) is 6.43. The number of aromatic nitrogens is 2. The number of nitrogen functional groups attached to an aromatic ring is 1. The van der Waals surface area contributed by atoms with Crippen LogP contribution in [-0.2, 0) is 9.84 Å². The molecule has 0 amide bonds. The summed E-state index contributed by atoms with van der Waals surface area (Å²) in [5.74, 6) is 1.05. The molecule has 4 rings (SSSR count). The molecule has 1 aliphatic heterocycles. The van der Waals surface area contributed by atoms with Gasteiger partial charge in [-0.15, -0.1) is 0 Å². The van der Waals surface area contributed by atoms with Crippen LogP contribution in [-0.4, -0.2) is 36.7 Å². The van der Waals surface area contributed by atoms with Gasteiger partial charge in [0.15, 0.2) is 9.84 Å². The van der Waals surface area contributed by atoms with E-state index >= 15 is 0 Å². The number of nitrogens with one attached hydrogen (secondary N) is 2. The van der Waals surface area contributed by atoms with Crippen molar-refractivity contribution in [1.29, 1.82) is 0 Å². The topological polar surface area (TPSA) is 110 Å². The van der Waals surface area contributed by atoms with Gasteiger partial charge in [-0.3, -0.25) is 0 Å². The number of nitrogens with two attached hydrogens (primary N) is 1. The van der Waals surface area contributed by atoms with Crippen LogP contribution < -0.4 is 16.4 Å². The van der Waals surface area contributed by atoms with Gasteiger partial charge in [-0.25, -0.2) is 13.4 Å². The Morgan fingerprint density at radius 3 is 2.47 bits per heavy atom. The van der Waals surface area contributed by atoms with E-state index in [1.54, 1.807) is 44.3 Å². The molecule has 7 nitrogen and oxygen atoms in total. The van der Waals surface area contributed by atoms with E-state index in [-0.39, 0.29) is 10.8 Å². The minimum atomic E-state index is -3.48. The molecule has 1 fully saturated rings. The van der Waals surface area contributed by atoms with E-state index in [9.17, 15) is 8.42 Å². The summed E-state index contributed by atoms with van der Waals surface area (Å²) in [5.41, 5.74) is 9.47. The van der Waals surface area contributed by atoms with Crippen LogP contribution in [0.1, 0.15) is 38.2 Å². The first-order valence-corrected chi connectivity index (χ1v) is 12.4. The second-order valence-corrected chi connectivity index (χ2v) is 10.8. The quantitative estimate of drug-likeness (QED) is 0.517. The third-order valence-electron chi connectivity index (χ3n) is 5.90. The van der Waals surface area contributed by atoms with Crippen LogP contribution in [0.2, 0.25) is 0 Å². The molecule has 0 unspecified atom stereocenters. The fourth-order valence-electron chi connectivity index (χ4n) is 4.12. The number of benzene rings is 2. The fraction of sp³-hybridized carbons (Fsp3) is 0.333. The highest BCUT2D eigenvalue weighted by molar-refractivity contribution is 7.92. The maximum atomic E-state index is 12.9. The summed E-state index contributed by atoms with van der Waals surface area (Å²) in [6.45, 7) is 5.33. The minimum Gasteiger partial charge on any atom is -0.368 e. The van der Waals surface area contributed by atoms with Gasteiger partial charge in [0, 0.05) is 11.8 Å². The molecular formula is C24H29N5O2S. The largest absolute Gasteiger partial charge is 0.368 e.